The zero-order valence-corrected chi connectivity index (χ0v) is 33.6. The molecule has 4 aliphatic heterocycles. The molecule has 4 fully saturated rings. The second-order valence-corrected chi connectivity index (χ2v) is 16.6. The van der Waals surface area contributed by atoms with Crippen molar-refractivity contribution in [3.63, 3.8) is 0 Å². The molecule has 5 amide bonds. The van der Waals surface area contributed by atoms with Gasteiger partial charge in [0.15, 0.2) is 0 Å². The fraction of sp³-hybridized carbons (Fsp3) is 0.422. The number of nitrogens with one attached hydrogen (secondary N) is 2. The molecule has 15 nitrogen and oxygen atoms in total. The van der Waals surface area contributed by atoms with E-state index in [2.05, 4.69) is 36.5 Å². The number of benzene rings is 2. The average molecular weight is 828 g/mol. The Bertz CT molecular complexity index is 2430. The summed E-state index contributed by atoms with van der Waals surface area (Å²) in [7, 11) is 0. The van der Waals surface area contributed by atoms with Gasteiger partial charge in [-0.05, 0) is 99.4 Å². The summed E-state index contributed by atoms with van der Waals surface area (Å²) in [5.41, 5.74) is 1.95. The van der Waals surface area contributed by atoms with Crippen molar-refractivity contribution in [2.45, 2.75) is 69.6 Å². The maximum Gasteiger partial charge on any atom is 0.262 e. The van der Waals surface area contributed by atoms with Crippen molar-refractivity contribution in [3.8, 4) is 11.8 Å². The summed E-state index contributed by atoms with van der Waals surface area (Å²) in [5, 5.41) is 15.6. The SMILES string of the molecule is N#Cc1ccc(O[C@H]2CC[C@H](NC(=O)c3ccc(N4CCC(CN5CCN(c6cc7c(cc6F)C(=O)N(C6CCC(=O)NC6=O)C7=O)CC5)CC4)nc3)CC2)c2cccnc12. The van der Waals surface area contributed by atoms with Crippen LogP contribution in [0, 0.1) is 23.1 Å². The molecule has 1 saturated carbocycles. The molecular formula is C45H46FN9O6. The predicted molar refractivity (Wildman–Crippen MR) is 221 cm³/mol. The molecule has 0 bridgehead atoms. The van der Waals surface area contributed by atoms with Gasteiger partial charge < -0.3 is 19.9 Å². The lowest BCUT2D eigenvalue weighted by Crippen LogP contribution is -2.54. The Morgan fingerprint density at radius 2 is 1.62 bits per heavy atom. The lowest BCUT2D eigenvalue weighted by molar-refractivity contribution is -0.136. The number of anilines is 2. The summed E-state index contributed by atoms with van der Waals surface area (Å²) >= 11 is 0. The molecule has 16 heteroatoms. The van der Waals surface area contributed by atoms with Crippen LogP contribution in [0.2, 0.25) is 0 Å². The summed E-state index contributed by atoms with van der Waals surface area (Å²) in [6.45, 7) is 5.19. The maximum absolute atomic E-state index is 15.4. The van der Waals surface area contributed by atoms with Gasteiger partial charge in [0.05, 0.1) is 39.6 Å². The quantitative estimate of drug-likeness (QED) is 0.230. The molecule has 6 heterocycles. The standard InChI is InChI=1S/C45H46FN9O6/c46-35-22-33-34(45(60)55(44(33)59)36-9-12-40(56)51-43(36)58)23-37(35)53-20-18-52(19-21-53)26-27-13-16-54(17-14-27)39-11-4-29(25-49-39)42(57)50-30-5-7-31(8-6-30)61-38-10-3-28(24-47)41-32(38)2-1-15-48-41/h1-4,10-11,15,22-23,25,27,30-31,36H,5-9,12-14,16-21,26H2,(H,50,57)(H,51,56,58)/t30-,31-,36?. The van der Waals surface area contributed by atoms with Crippen molar-refractivity contribution in [3.05, 3.63) is 89.0 Å². The van der Waals surface area contributed by atoms with E-state index in [9.17, 15) is 29.2 Å². The van der Waals surface area contributed by atoms with Gasteiger partial charge in [0.1, 0.15) is 29.5 Å². The van der Waals surface area contributed by atoms with Gasteiger partial charge in [0.2, 0.25) is 11.8 Å². The van der Waals surface area contributed by atoms with Gasteiger partial charge in [-0.2, -0.15) is 5.26 Å². The first kappa shape index (κ1) is 40.0. The van der Waals surface area contributed by atoms with Crippen LogP contribution in [-0.4, -0.2) is 113 Å². The fourth-order valence-electron chi connectivity index (χ4n) is 9.42. The number of nitriles is 1. The smallest absolute Gasteiger partial charge is 0.262 e. The molecular weight excluding hydrogens is 782 g/mol. The Morgan fingerprint density at radius 1 is 0.869 bits per heavy atom. The Balaban J connectivity index is 0.709. The Labute approximate surface area is 351 Å². The molecule has 4 aromatic rings. The number of halogens is 1. The number of amides is 5. The summed E-state index contributed by atoms with van der Waals surface area (Å²) in [6.07, 6.45) is 8.58. The largest absolute Gasteiger partial charge is 0.490 e. The Morgan fingerprint density at radius 3 is 2.33 bits per heavy atom. The molecule has 1 aliphatic carbocycles. The molecule has 9 rings (SSSR count). The molecule has 2 aromatic carbocycles. The van der Waals surface area contributed by atoms with Gasteiger partial charge >= 0.3 is 0 Å². The van der Waals surface area contributed by atoms with Crippen molar-refractivity contribution in [2.24, 2.45) is 5.92 Å². The summed E-state index contributed by atoms with van der Waals surface area (Å²) in [4.78, 5) is 80.1. The highest BCUT2D eigenvalue weighted by molar-refractivity contribution is 6.23. The van der Waals surface area contributed by atoms with E-state index in [0.29, 0.717) is 35.7 Å². The number of hydrogen-bond acceptors (Lipinski definition) is 12. The molecule has 0 radical (unpaired) electrons. The van der Waals surface area contributed by atoms with Crippen LogP contribution in [-0.2, 0) is 9.59 Å². The maximum atomic E-state index is 15.4. The van der Waals surface area contributed by atoms with Gasteiger partial charge in [0, 0.05) is 76.1 Å². The summed E-state index contributed by atoms with van der Waals surface area (Å²) < 4.78 is 21.8. The topological polar surface area (TPSA) is 181 Å². The number of aromatic nitrogens is 2. The number of pyridine rings is 2. The normalized spacial score (nSPS) is 22.6. The van der Waals surface area contributed by atoms with Crippen LogP contribution in [0.15, 0.2) is 60.9 Å². The first-order valence-corrected chi connectivity index (χ1v) is 21.1. The van der Waals surface area contributed by atoms with Gasteiger partial charge in [-0.1, -0.05) is 0 Å². The van der Waals surface area contributed by atoms with Crippen molar-refractivity contribution < 1.29 is 33.1 Å². The highest BCUT2D eigenvalue weighted by Gasteiger charge is 2.45. The zero-order valence-electron chi connectivity index (χ0n) is 33.6. The van der Waals surface area contributed by atoms with Crippen LogP contribution >= 0.6 is 0 Å². The molecule has 3 saturated heterocycles. The minimum Gasteiger partial charge on any atom is -0.490 e. The third-order valence-corrected chi connectivity index (χ3v) is 12.8. The Kier molecular flexibility index (Phi) is 11.1. The van der Waals surface area contributed by atoms with Crippen LogP contribution in [0.4, 0.5) is 15.9 Å². The molecule has 61 heavy (non-hydrogen) atoms. The van der Waals surface area contributed by atoms with Gasteiger partial charge in [-0.15, -0.1) is 0 Å². The minimum atomic E-state index is -1.10. The van der Waals surface area contributed by atoms with Gasteiger partial charge in [-0.25, -0.2) is 9.37 Å². The van der Waals surface area contributed by atoms with E-state index in [1.54, 1.807) is 18.5 Å². The monoisotopic (exact) mass is 827 g/mol. The molecule has 5 aliphatic rings. The van der Waals surface area contributed by atoms with E-state index in [4.69, 9.17) is 4.74 Å². The summed E-state index contributed by atoms with van der Waals surface area (Å²) in [5.74, 6) is -1.19. The number of hydrogen-bond donors (Lipinski definition) is 2. The van der Waals surface area contributed by atoms with E-state index in [-0.39, 0.29) is 47.7 Å². The molecule has 2 aromatic heterocycles. The molecule has 1 unspecified atom stereocenters. The third kappa shape index (κ3) is 8.09. The highest BCUT2D eigenvalue weighted by atomic mass is 19.1. The number of fused-ring (bicyclic) bond motifs is 2. The second-order valence-electron chi connectivity index (χ2n) is 16.6. The van der Waals surface area contributed by atoms with Crippen LogP contribution < -0.4 is 25.2 Å². The Hall–Kier alpha value is -6.47. The van der Waals surface area contributed by atoms with E-state index in [0.717, 1.165) is 99.2 Å². The van der Waals surface area contributed by atoms with Crippen molar-refractivity contribution in [2.75, 3.05) is 55.6 Å². The van der Waals surface area contributed by atoms with Crippen molar-refractivity contribution >= 4 is 51.9 Å². The number of carbonyl (C=O) groups excluding carboxylic acids is 5. The van der Waals surface area contributed by atoms with Crippen LogP contribution in [0.3, 0.4) is 0 Å². The van der Waals surface area contributed by atoms with E-state index >= 15 is 4.39 Å². The van der Waals surface area contributed by atoms with Gasteiger partial charge in [-0.3, -0.25) is 44.1 Å². The lowest BCUT2D eigenvalue weighted by Gasteiger charge is -2.40. The van der Waals surface area contributed by atoms with E-state index in [1.807, 2.05) is 35.2 Å². The first-order chi connectivity index (χ1) is 29.6. The number of piperazine rings is 1. The number of ether oxygens (including phenoxy) is 1. The van der Waals surface area contributed by atoms with Crippen LogP contribution in [0.5, 0.6) is 5.75 Å². The first-order valence-electron chi connectivity index (χ1n) is 21.1. The molecule has 2 N–H and O–H groups in total. The summed E-state index contributed by atoms with van der Waals surface area (Å²) in [6, 6.07) is 14.8. The van der Waals surface area contributed by atoms with Crippen LogP contribution in [0.1, 0.15) is 88.0 Å². The average Bonchev–Trinajstić information content (AvgIpc) is 3.51. The number of piperidine rings is 2. The predicted octanol–water partition coefficient (Wildman–Crippen LogP) is 4.20. The minimum absolute atomic E-state index is 0.0138. The van der Waals surface area contributed by atoms with Crippen molar-refractivity contribution in [1.82, 2.24) is 30.4 Å². The molecule has 314 valence electrons. The highest BCUT2D eigenvalue weighted by Crippen LogP contribution is 2.34. The molecule has 0 spiro atoms. The number of imide groups is 2. The number of nitrogens with zero attached hydrogens (tertiary/aromatic N) is 7. The zero-order chi connectivity index (χ0) is 42.2. The third-order valence-electron chi connectivity index (χ3n) is 12.8. The van der Waals surface area contributed by atoms with Crippen LogP contribution in [0.25, 0.3) is 10.9 Å². The fourth-order valence-corrected chi connectivity index (χ4v) is 9.42. The molecule has 1 atom stereocenters. The second kappa shape index (κ2) is 16.9. The lowest BCUT2D eigenvalue weighted by atomic mass is 9.92. The number of carbonyl (C=O) groups is 5. The van der Waals surface area contributed by atoms with E-state index in [1.165, 1.54) is 6.07 Å². The van der Waals surface area contributed by atoms with Crippen molar-refractivity contribution in [1.29, 1.82) is 5.26 Å². The van der Waals surface area contributed by atoms with Gasteiger partial charge in [0.25, 0.3) is 17.7 Å². The van der Waals surface area contributed by atoms with E-state index < -0.39 is 35.5 Å². The number of rotatable bonds is 9.